The first kappa shape index (κ1) is 28.4. The van der Waals surface area contributed by atoms with Gasteiger partial charge in [0.2, 0.25) is 0 Å². The van der Waals surface area contributed by atoms with Gasteiger partial charge in [-0.05, 0) is 75.5 Å². The average molecular weight is 512 g/mol. The molecule has 4 heteroatoms. The van der Waals surface area contributed by atoms with Gasteiger partial charge in [-0.25, -0.2) is 8.78 Å². The van der Waals surface area contributed by atoms with Crippen molar-refractivity contribution in [3.05, 3.63) is 87.7 Å². The van der Waals surface area contributed by atoms with Gasteiger partial charge in [-0.3, -0.25) is 0 Å². The quantitative estimate of drug-likeness (QED) is 0.292. The lowest BCUT2D eigenvalue weighted by atomic mass is 9.73. The Kier molecular flexibility index (Phi) is 9.38. The van der Waals surface area contributed by atoms with Crippen LogP contribution in [0, 0.1) is 23.7 Å². The molecule has 196 valence electrons. The van der Waals surface area contributed by atoms with E-state index in [1.54, 1.807) is 6.08 Å². The van der Waals surface area contributed by atoms with E-state index in [9.17, 15) is 8.78 Å². The largest absolute Gasteiger partial charge is 0.384 e. The first-order chi connectivity index (χ1) is 16.9. The number of alkyl halides is 2. The van der Waals surface area contributed by atoms with Gasteiger partial charge in [0.15, 0.2) is 0 Å². The number of thiophene rings is 1. The van der Waals surface area contributed by atoms with Gasteiger partial charge >= 0.3 is 0 Å². The van der Waals surface area contributed by atoms with Gasteiger partial charge in [-0.1, -0.05) is 74.4 Å². The van der Waals surface area contributed by atoms with Crippen LogP contribution in [0.3, 0.4) is 0 Å². The molecule has 0 saturated carbocycles. The molecule has 0 amide bonds. The topological polar surface area (TPSA) is 12.0 Å². The minimum atomic E-state index is -2.67. The van der Waals surface area contributed by atoms with Crippen molar-refractivity contribution in [2.75, 3.05) is 6.54 Å². The molecule has 0 radical (unpaired) electrons. The van der Waals surface area contributed by atoms with E-state index in [-0.39, 0.29) is 5.92 Å². The summed E-state index contributed by atoms with van der Waals surface area (Å²) in [6.07, 6.45) is 12.8. The number of allylic oxidation sites excluding steroid dienone is 8. The van der Waals surface area contributed by atoms with Crippen LogP contribution in [0.5, 0.6) is 0 Å². The van der Waals surface area contributed by atoms with Gasteiger partial charge in [0.05, 0.1) is 0 Å². The van der Waals surface area contributed by atoms with E-state index in [1.807, 2.05) is 30.4 Å². The number of halogens is 2. The van der Waals surface area contributed by atoms with Crippen molar-refractivity contribution in [1.82, 2.24) is 5.32 Å². The summed E-state index contributed by atoms with van der Waals surface area (Å²) in [5, 5.41) is 3.43. The Morgan fingerprint density at radius 1 is 1.25 bits per heavy atom. The fraction of sp³-hybridized carbons (Fsp3) is 0.500. The van der Waals surface area contributed by atoms with E-state index < -0.39 is 11.8 Å². The second-order valence-electron chi connectivity index (χ2n) is 11.2. The monoisotopic (exact) mass is 511 g/mol. The summed E-state index contributed by atoms with van der Waals surface area (Å²) in [6, 6.07) is 4.45. The Hall–Kier alpha value is -2.20. The molecule has 0 aromatic carbocycles. The summed E-state index contributed by atoms with van der Waals surface area (Å²) in [5.74, 6) is -1.82. The highest BCUT2D eigenvalue weighted by molar-refractivity contribution is 7.13. The van der Waals surface area contributed by atoms with Crippen LogP contribution < -0.4 is 5.32 Å². The summed E-state index contributed by atoms with van der Waals surface area (Å²) in [7, 11) is 0. The summed E-state index contributed by atoms with van der Waals surface area (Å²) >= 11 is 1.84. The first-order valence-electron chi connectivity index (χ1n) is 13.2. The lowest BCUT2D eigenvalue weighted by molar-refractivity contribution is -0.0203. The molecule has 0 bridgehead atoms. The highest BCUT2D eigenvalue weighted by Crippen LogP contribution is 2.43. The van der Waals surface area contributed by atoms with E-state index in [1.165, 1.54) is 32.0 Å². The van der Waals surface area contributed by atoms with E-state index >= 15 is 0 Å². The second kappa shape index (κ2) is 11.9. The number of hydrogen-bond acceptors (Lipinski definition) is 2. The Morgan fingerprint density at radius 2 is 1.97 bits per heavy atom. The minimum absolute atomic E-state index is 0.260. The van der Waals surface area contributed by atoms with Gasteiger partial charge in [0.1, 0.15) is 0 Å². The van der Waals surface area contributed by atoms with Crippen LogP contribution in [0.2, 0.25) is 0 Å². The van der Waals surface area contributed by atoms with Crippen molar-refractivity contribution in [2.45, 2.75) is 72.6 Å². The Balaban J connectivity index is 1.69. The lowest BCUT2D eigenvalue weighted by Gasteiger charge is -2.32. The average Bonchev–Trinajstić information content (AvgIpc) is 3.26. The zero-order valence-corrected chi connectivity index (χ0v) is 23.7. The van der Waals surface area contributed by atoms with Crippen molar-refractivity contribution in [3.63, 3.8) is 0 Å². The normalized spacial score (nSPS) is 23.1. The van der Waals surface area contributed by atoms with Crippen molar-refractivity contribution in [3.8, 4) is 0 Å². The summed E-state index contributed by atoms with van der Waals surface area (Å²) in [6.45, 7) is 21.2. The zero-order valence-electron chi connectivity index (χ0n) is 22.8. The van der Waals surface area contributed by atoms with Crippen LogP contribution in [0.1, 0.15) is 76.5 Å². The molecule has 2 aliphatic carbocycles. The van der Waals surface area contributed by atoms with Gasteiger partial charge in [0.25, 0.3) is 5.92 Å². The molecule has 36 heavy (non-hydrogen) atoms. The van der Waals surface area contributed by atoms with Crippen LogP contribution in [-0.2, 0) is 0 Å². The third-order valence-electron chi connectivity index (χ3n) is 7.49. The van der Waals surface area contributed by atoms with E-state index in [0.29, 0.717) is 24.2 Å². The molecule has 0 spiro atoms. The maximum Gasteiger partial charge on any atom is 0.251 e. The Morgan fingerprint density at radius 3 is 2.53 bits per heavy atom. The van der Waals surface area contributed by atoms with Crippen LogP contribution >= 0.6 is 11.3 Å². The van der Waals surface area contributed by atoms with Gasteiger partial charge in [-0.15, -0.1) is 17.9 Å². The third kappa shape index (κ3) is 7.18. The number of rotatable bonds is 11. The van der Waals surface area contributed by atoms with Crippen molar-refractivity contribution < 1.29 is 8.78 Å². The molecule has 3 rings (SSSR count). The maximum atomic E-state index is 13.7. The molecule has 1 aromatic rings. The number of nitrogens with one attached hydrogen (secondary N) is 1. The summed E-state index contributed by atoms with van der Waals surface area (Å²) in [4.78, 5) is 2.59. The molecule has 0 fully saturated rings. The second-order valence-corrected chi connectivity index (χ2v) is 12.3. The first-order valence-corrected chi connectivity index (χ1v) is 14.0. The zero-order chi connectivity index (χ0) is 26.6. The highest BCUT2D eigenvalue weighted by Gasteiger charge is 2.34. The van der Waals surface area contributed by atoms with Crippen molar-refractivity contribution in [1.29, 1.82) is 0 Å². The van der Waals surface area contributed by atoms with Crippen molar-refractivity contribution >= 4 is 17.0 Å². The van der Waals surface area contributed by atoms with E-state index in [0.717, 1.165) is 32.0 Å². The van der Waals surface area contributed by atoms with Crippen LogP contribution in [0.25, 0.3) is 5.70 Å². The predicted octanol–water partition coefficient (Wildman–Crippen LogP) is 9.70. The van der Waals surface area contributed by atoms with Crippen LogP contribution in [0.4, 0.5) is 8.78 Å². The molecule has 0 saturated heterocycles. The molecular weight excluding hydrogens is 468 g/mol. The SMILES string of the molecule is C=C(C)CCNC(=C)c1ccc(C(CC2=CC(C)C(C3=CCC(C(C)(F)F)C=C3)C(C)=C2)C(C)C)s1. The minimum Gasteiger partial charge on any atom is -0.384 e. The molecule has 1 N–H and O–H groups in total. The Labute approximate surface area is 221 Å². The summed E-state index contributed by atoms with van der Waals surface area (Å²) < 4.78 is 27.5. The highest BCUT2D eigenvalue weighted by atomic mass is 32.1. The fourth-order valence-corrected chi connectivity index (χ4v) is 6.59. The van der Waals surface area contributed by atoms with Crippen LogP contribution in [0.15, 0.2) is 78.0 Å². The van der Waals surface area contributed by atoms with Gasteiger partial charge in [-0.2, -0.15) is 0 Å². The molecule has 4 unspecified atom stereocenters. The van der Waals surface area contributed by atoms with E-state index in [4.69, 9.17) is 0 Å². The maximum absolute atomic E-state index is 13.7. The third-order valence-corrected chi connectivity index (χ3v) is 8.76. The lowest BCUT2D eigenvalue weighted by Crippen LogP contribution is -2.25. The molecular formula is C32H43F2NS. The molecule has 0 aliphatic heterocycles. The van der Waals surface area contributed by atoms with E-state index in [2.05, 4.69) is 70.5 Å². The van der Waals surface area contributed by atoms with Gasteiger partial charge in [0, 0.05) is 33.8 Å². The standard InChI is InChI=1S/C32H43F2NS/c1-20(2)15-16-35-24(7)29-13-14-30(36-29)28(21(3)4)19-25-17-22(5)31(23(6)18-25)26-9-11-27(12-10-26)32(8,33)34/h9-11,13-14,17-18,21-22,27-28,31,35H,1,7,12,15-16,19H2,2-6,8H3. The fourth-order valence-electron chi connectivity index (χ4n) is 5.36. The van der Waals surface area contributed by atoms with Crippen LogP contribution in [-0.4, -0.2) is 12.5 Å². The molecule has 1 aromatic heterocycles. The van der Waals surface area contributed by atoms with Crippen molar-refractivity contribution in [2.24, 2.45) is 23.7 Å². The predicted molar refractivity (Wildman–Crippen MR) is 153 cm³/mol. The number of hydrogen-bond donors (Lipinski definition) is 1. The molecule has 2 aliphatic rings. The molecule has 4 atom stereocenters. The molecule has 1 heterocycles. The smallest absolute Gasteiger partial charge is 0.251 e. The Bertz CT molecular complexity index is 1080. The summed E-state index contributed by atoms with van der Waals surface area (Å²) in [5.41, 5.74) is 6.03. The molecule has 1 nitrogen and oxygen atoms in total. The van der Waals surface area contributed by atoms with Gasteiger partial charge < -0.3 is 5.32 Å².